The second-order valence-corrected chi connectivity index (χ2v) is 10.4. The van der Waals surface area contributed by atoms with Crippen molar-refractivity contribution in [3.63, 3.8) is 0 Å². The third kappa shape index (κ3) is 3.54. The predicted molar refractivity (Wildman–Crippen MR) is 149 cm³/mol. The molecule has 4 aromatic rings. The zero-order chi connectivity index (χ0) is 25.9. The molecule has 1 aliphatic carbocycles. The van der Waals surface area contributed by atoms with Gasteiger partial charge in [0.2, 0.25) is 5.91 Å². The highest BCUT2D eigenvalue weighted by atomic mass is 35.5. The van der Waals surface area contributed by atoms with Crippen LogP contribution in [0.15, 0.2) is 78.9 Å². The molecule has 1 aliphatic heterocycles. The highest BCUT2D eigenvalue weighted by Gasteiger charge is 2.66. The Hall–Kier alpha value is -3.76. The van der Waals surface area contributed by atoms with Crippen molar-refractivity contribution >= 4 is 23.2 Å². The summed E-state index contributed by atoms with van der Waals surface area (Å²) in [6.45, 7) is 2.12. The molecule has 2 aliphatic rings. The normalized spacial score (nSPS) is 19.8. The Morgan fingerprint density at radius 1 is 1.00 bits per heavy atom. The number of nitrogens with zero attached hydrogens (tertiary/aromatic N) is 1. The van der Waals surface area contributed by atoms with E-state index in [1.165, 1.54) is 5.56 Å². The monoisotopic (exact) mass is 509 g/mol. The molecule has 0 aromatic heterocycles. The zero-order valence-corrected chi connectivity index (χ0v) is 21.8. The van der Waals surface area contributed by atoms with Crippen LogP contribution in [0, 0.1) is 0 Å². The third-order valence-electron chi connectivity index (χ3n) is 8.07. The van der Waals surface area contributed by atoms with Gasteiger partial charge in [-0.2, -0.15) is 0 Å². The Morgan fingerprint density at radius 3 is 2.38 bits per heavy atom. The topological polar surface area (TPSA) is 49.8 Å². The molecule has 1 heterocycles. The fourth-order valence-corrected chi connectivity index (χ4v) is 6.25. The summed E-state index contributed by atoms with van der Waals surface area (Å²) in [5, 5.41) is 10.8. The lowest BCUT2D eigenvalue weighted by Gasteiger charge is -2.14. The molecule has 4 nitrogen and oxygen atoms in total. The first kappa shape index (κ1) is 23.6. The van der Waals surface area contributed by atoms with E-state index in [4.69, 9.17) is 16.3 Å². The van der Waals surface area contributed by atoms with Gasteiger partial charge in [-0.1, -0.05) is 73.1 Å². The van der Waals surface area contributed by atoms with Crippen LogP contribution in [0.25, 0.3) is 22.3 Å². The number of phenols is 1. The first-order valence-electron chi connectivity index (χ1n) is 12.6. The number of halogens is 1. The molecule has 1 N–H and O–H groups in total. The third-order valence-corrected chi connectivity index (χ3v) is 8.39. The van der Waals surface area contributed by atoms with Crippen LogP contribution >= 0.6 is 11.6 Å². The second-order valence-electron chi connectivity index (χ2n) is 9.96. The van der Waals surface area contributed by atoms with Gasteiger partial charge in [0, 0.05) is 29.8 Å². The van der Waals surface area contributed by atoms with E-state index in [1.54, 1.807) is 18.1 Å². The van der Waals surface area contributed by atoms with Crippen LogP contribution < -0.4 is 9.64 Å². The SMILES string of the molecule is CCc1cc(C2CC23C(=O)N(C)c2cc(Cl)c(-c4ccc(-c5ccccc5O)cc4)cc23)ccc1OC. The number of likely N-dealkylation sites (N-methyl/N-ethyl adjacent to an activating group) is 1. The van der Waals surface area contributed by atoms with E-state index < -0.39 is 5.41 Å². The standard InChI is InChI=1S/C32H28ClNO3/c1-4-19-15-22(13-14-30(19)37-3)26-18-32(26)25-16-24(27(33)17-28(25)34(2)31(32)36)21-11-9-20(10-12-21)23-7-5-6-8-29(23)35/h5-17,26,35H,4,18H2,1-3H3. The van der Waals surface area contributed by atoms with E-state index in [2.05, 4.69) is 25.1 Å². The van der Waals surface area contributed by atoms with Gasteiger partial charge in [0.15, 0.2) is 0 Å². The van der Waals surface area contributed by atoms with Crippen LogP contribution in [0.4, 0.5) is 5.69 Å². The Kier molecular flexibility index (Phi) is 5.54. The quantitative estimate of drug-likeness (QED) is 0.306. The Labute approximate surface area is 222 Å². The number of anilines is 1. The summed E-state index contributed by atoms with van der Waals surface area (Å²) in [7, 11) is 3.53. The molecule has 1 fully saturated rings. The minimum Gasteiger partial charge on any atom is -0.507 e. The number of amides is 1. The molecule has 2 atom stereocenters. The molecule has 0 radical (unpaired) electrons. The molecular formula is C32H28ClNO3. The van der Waals surface area contributed by atoms with Crippen molar-refractivity contribution in [3.05, 3.63) is 101 Å². The Bertz CT molecular complexity index is 1540. The van der Waals surface area contributed by atoms with Gasteiger partial charge in [0.05, 0.1) is 17.5 Å². The summed E-state index contributed by atoms with van der Waals surface area (Å²) in [5.41, 5.74) is 7.29. The Morgan fingerprint density at radius 2 is 1.70 bits per heavy atom. The van der Waals surface area contributed by atoms with E-state index in [0.29, 0.717) is 5.02 Å². The lowest BCUT2D eigenvalue weighted by Crippen LogP contribution is -2.29. The summed E-state index contributed by atoms with van der Waals surface area (Å²) in [4.78, 5) is 15.4. The van der Waals surface area contributed by atoms with E-state index in [0.717, 1.165) is 57.7 Å². The minimum absolute atomic E-state index is 0.123. The van der Waals surface area contributed by atoms with Crippen LogP contribution in [0.2, 0.25) is 5.02 Å². The smallest absolute Gasteiger partial charge is 0.238 e. The van der Waals surface area contributed by atoms with Crippen molar-refractivity contribution in [1.82, 2.24) is 0 Å². The summed E-state index contributed by atoms with van der Waals surface area (Å²) in [5.74, 6) is 1.39. The minimum atomic E-state index is -0.557. The molecule has 4 aromatic carbocycles. The van der Waals surface area contributed by atoms with Crippen molar-refractivity contribution in [2.24, 2.45) is 0 Å². The maximum atomic E-state index is 13.6. The number of carbonyl (C=O) groups excluding carboxylic acids is 1. The largest absolute Gasteiger partial charge is 0.507 e. The summed E-state index contributed by atoms with van der Waals surface area (Å²) >= 11 is 6.79. The first-order valence-corrected chi connectivity index (χ1v) is 12.9. The van der Waals surface area contributed by atoms with Crippen LogP contribution in [0.5, 0.6) is 11.5 Å². The van der Waals surface area contributed by atoms with Crippen molar-refractivity contribution in [1.29, 1.82) is 0 Å². The molecule has 37 heavy (non-hydrogen) atoms. The maximum absolute atomic E-state index is 13.6. The molecule has 1 saturated carbocycles. The molecule has 1 amide bonds. The Balaban J connectivity index is 1.40. The van der Waals surface area contributed by atoms with Crippen molar-refractivity contribution < 1.29 is 14.6 Å². The molecule has 1 spiro atoms. The van der Waals surface area contributed by atoms with Gasteiger partial charge in [0.25, 0.3) is 0 Å². The number of ether oxygens (including phenoxy) is 1. The van der Waals surface area contributed by atoms with E-state index in [9.17, 15) is 9.90 Å². The zero-order valence-electron chi connectivity index (χ0n) is 21.1. The number of hydrogen-bond acceptors (Lipinski definition) is 3. The average molecular weight is 510 g/mol. The van der Waals surface area contributed by atoms with E-state index >= 15 is 0 Å². The highest BCUT2D eigenvalue weighted by molar-refractivity contribution is 6.34. The van der Waals surface area contributed by atoms with Crippen LogP contribution in [-0.2, 0) is 16.6 Å². The van der Waals surface area contributed by atoms with Gasteiger partial charge in [0.1, 0.15) is 11.5 Å². The maximum Gasteiger partial charge on any atom is 0.238 e. The number of aryl methyl sites for hydroxylation is 1. The van der Waals surface area contributed by atoms with Crippen molar-refractivity contribution in [2.45, 2.75) is 31.1 Å². The fraction of sp³-hybridized carbons (Fsp3) is 0.219. The second kappa shape index (κ2) is 8.67. The van der Waals surface area contributed by atoms with Crippen LogP contribution in [0.1, 0.15) is 36.0 Å². The molecule has 5 heteroatoms. The van der Waals surface area contributed by atoms with Gasteiger partial charge in [-0.05, 0) is 64.9 Å². The van der Waals surface area contributed by atoms with E-state index in [1.807, 2.05) is 61.6 Å². The van der Waals surface area contributed by atoms with Crippen LogP contribution in [-0.4, -0.2) is 25.2 Å². The molecule has 2 unspecified atom stereocenters. The van der Waals surface area contributed by atoms with E-state index in [-0.39, 0.29) is 17.6 Å². The number of aromatic hydroxyl groups is 1. The number of phenolic OH excluding ortho intramolecular Hbond substituents is 1. The summed E-state index contributed by atoms with van der Waals surface area (Å²) < 4.78 is 5.52. The summed E-state index contributed by atoms with van der Waals surface area (Å²) in [6.07, 6.45) is 1.66. The number of benzene rings is 4. The van der Waals surface area contributed by atoms with Gasteiger partial charge < -0.3 is 14.7 Å². The fourth-order valence-electron chi connectivity index (χ4n) is 5.98. The molecule has 6 rings (SSSR count). The number of para-hydroxylation sites is 1. The molecular weight excluding hydrogens is 482 g/mol. The lowest BCUT2D eigenvalue weighted by atomic mass is 9.89. The van der Waals surface area contributed by atoms with Gasteiger partial charge in [-0.15, -0.1) is 0 Å². The van der Waals surface area contributed by atoms with Gasteiger partial charge >= 0.3 is 0 Å². The average Bonchev–Trinajstić information content (AvgIpc) is 3.65. The lowest BCUT2D eigenvalue weighted by molar-refractivity contribution is -0.120. The first-order chi connectivity index (χ1) is 17.9. The number of fused-ring (bicyclic) bond motifs is 2. The summed E-state index contributed by atoms with van der Waals surface area (Å²) in [6, 6.07) is 25.7. The van der Waals surface area contributed by atoms with Gasteiger partial charge in [-0.3, -0.25) is 4.79 Å². The van der Waals surface area contributed by atoms with Crippen LogP contribution in [0.3, 0.4) is 0 Å². The predicted octanol–water partition coefficient (Wildman–Crippen LogP) is 7.35. The number of hydrogen-bond donors (Lipinski definition) is 1. The van der Waals surface area contributed by atoms with Gasteiger partial charge in [-0.25, -0.2) is 0 Å². The molecule has 186 valence electrons. The number of rotatable bonds is 5. The highest BCUT2D eigenvalue weighted by Crippen LogP contribution is 2.67. The molecule has 0 bridgehead atoms. The number of carbonyl (C=O) groups is 1. The molecule has 0 saturated heterocycles. The number of methoxy groups -OCH3 is 1. The van der Waals surface area contributed by atoms with Crippen molar-refractivity contribution in [2.75, 3.05) is 19.1 Å². The van der Waals surface area contributed by atoms with Crippen molar-refractivity contribution in [3.8, 4) is 33.8 Å².